The highest BCUT2D eigenvalue weighted by molar-refractivity contribution is 6.25. The molecule has 2 aliphatic rings. The number of rotatable bonds is 4. The molecule has 260 valence electrons. The Bertz CT molecular complexity index is 3110. The topological polar surface area (TPSA) is 3.24 Å². The zero-order valence-corrected chi connectivity index (χ0v) is 30.7. The molecule has 1 nitrogen and oxygen atoms in total. The van der Waals surface area contributed by atoms with Gasteiger partial charge in [-0.05, 0) is 113 Å². The van der Waals surface area contributed by atoms with E-state index in [2.05, 4.69) is 217 Å². The number of hydrogen-bond acceptors (Lipinski definition) is 1. The molecule has 0 radical (unpaired) electrons. The summed E-state index contributed by atoms with van der Waals surface area (Å²) >= 11 is 0. The van der Waals surface area contributed by atoms with Crippen LogP contribution in [0, 0.1) is 0 Å². The van der Waals surface area contributed by atoms with Crippen LogP contribution in [0.4, 0.5) is 17.1 Å². The van der Waals surface area contributed by atoms with Crippen molar-refractivity contribution in [3.05, 3.63) is 235 Å². The molecule has 0 heterocycles. The van der Waals surface area contributed by atoms with Crippen LogP contribution >= 0.6 is 0 Å². The normalized spacial score (nSPS) is 13.1. The quantitative estimate of drug-likeness (QED) is 0.164. The lowest BCUT2D eigenvalue weighted by atomic mass is 9.70. The molecule has 0 N–H and O–H groups in total. The highest BCUT2D eigenvalue weighted by atomic mass is 15.1. The maximum absolute atomic E-state index is 2.50. The maximum atomic E-state index is 2.50. The monoisotopic (exact) mass is 709 g/mol. The third kappa shape index (κ3) is 4.20. The van der Waals surface area contributed by atoms with Crippen LogP contribution in [-0.4, -0.2) is 0 Å². The molecule has 12 rings (SSSR count). The zero-order chi connectivity index (χ0) is 36.8. The van der Waals surface area contributed by atoms with Gasteiger partial charge in [0.15, 0.2) is 0 Å². The summed E-state index contributed by atoms with van der Waals surface area (Å²) in [6.45, 7) is 0. The summed E-state index contributed by atoms with van der Waals surface area (Å²) in [6, 6.07) is 78.8. The van der Waals surface area contributed by atoms with E-state index in [1.54, 1.807) is 0 Å². The van der Waals surface area contributed by atoms with Gasteiger partial charge in [-0.15, -0.1) is 0 Å². The van der Waals surface area contributed by atoms with Crippen molar-refractivity contribution in [1.29, 1.82) is 0 Å². The van der Waals surface area contributed by atoms with Crippen molar-refractivity contribution in [2.45, 2.75) is 5.41 Å². The fourth-order valence-electron chi connectivity index (χ4n) is 10.2. The van der Waals surface area contributed by atoms with Gasteiger partial charge in [0.1, 0.15) is 0 Å². The Kier molecular flexibility index (Phi) is 6.62. The van der Waals surface area contributed by atoms with Crippen molar-refractivity contribution in [2.24, 2.45) is 0 Å². The Labute approximate surface area is 326 Å². The van der Waals surface area contributed by atoms with Crippen LogP contribution in [0.25, 0.3) is 65.7 Å². The molecule has 0 saturated heterocycles. The second kappa shape index (κ2) is 11.9. The summed E-state index contributed by atoms with van der Waals surface area (Å²) in [4.78, 5) is 2.50. The van der Waals surface area contributed by atoms with Crippen molar-refractivity contribution >= 4 is 49.4 Å². The van der Waals surface area contributed by atoms with Crippen molar-refractivity contribution in [3.8, 4) is 33.4 Å². The molecule has 10 aromatic rings. The molecule has 0 fully saturated rings. The first kappa shape index (κ1) is 31.2. The fourth-order valence-corrected chi connectivity index (χ4v) is 10.2. The lowest BCUT2D eigenvalue weighted by Gasteiger charge is -2.33. The van der Waals surface area contributed by atoms with Crippen LogP contribution in [0.5, 0.6) is 0 Å². The van der Waals surface area contributed by atoms with Crippen LogP contribution in [0.1, 0.15) is 22.3 Å². The third-order valence-corrected chi connectivity index (χ3v) is 12.5. The number of anilines is 3. The fraction of sp³-hybridized carbons (Fsp3) is 0.0182. The van der Waals surface area contributed by atoms with E-state index in [0.29, 0.717) is 0 Å². The molecule has 0 bridgehead atoms. The molecule has 0 saturated carbocycles. The molecule has 0 aliphatic heterocycles. The largest absolute Gasteiger partial charge is 0.310 e. The SMILES string of the molecule is c1ccc(-c2ccccc2N(c2ccc3c(c2)C2(c4ccccc4-c4ccccc42)c2ccccc2-3)c2ccc3c4ccccc4c4ccccc4c3c2)cc1. The first-order valence-corrected chi connectivity index (χ1v) is 19.5. The molecule has 0 amide bonds. The second-order valence-corrected chi connectivity index (χ2v) is 15.2. The molecule has 0 unspecified atom stereocenters. The van der Waals surface area contributed by atoms with Crippen LogP contribution in [-0.2, 0) is 5.41 Å². The Morgan fingerprint density at radius 3 is 1.27 bits per heavy atom. The number of benzene rings is 10. The predicted octanol–water partition coefficient (Wildman–Crippen LogP) is 14.6. The number of hydrogen-bond donors (Lipinski definition) is 0. The molecular weight excluding hydrogens is 675 g/mol. The molecule has 1 spiro atoms. The van der Waals surface area contributed by atoms with Gasteiger partial charge >= 0.3 is 0 Å². The first-order chi connectivity index (χ1) is 27.8. The van der Waals surface area contributed by atoms with E-state index in [0.717, 1.165) is 17.1 Å². The summed E-state index contributed by atoms with van der Waals surface area (Å²) in [5.74, 6) is 0. The van der Waals surface area contributed by atoms with Gasteiger partial charge in [-0.3, -0.25) is 0 Å². The lowest BCUT2D eigenvalue weighted by molar-refractivity contribution is 0.793. The van der Waals surface area contributed by atoms with E-state index in [1.165, 1.54) is 88.0 Å². The van der Waals surface area contributed by atoms with Crippen LogP contribution in [0.2, 0.25) is 0 Å². The van der Waals surface area contributed by atoms with Crippen molar-refractivity contribution in [2.75, 3.05) is 4.90 Å². The zero-order valence-electron chi connectivity index (χ0n) is 30.7. The van der Waals surface area contributed by atoms with Gasteiger partial charge in [0, 0.05) is 16.9 Å². The summed E-state index contributed by atoms with van der Waals surface area (Å²) in [5, 5.41) is 7.63. The smallest absolute Gasteiger partial charge is 0.0726 e. The molecular formula is C55H35N. The number of nitrogens with zero attached hydrogens (tertiary/aromatic N) is 1. The van der Waals surface area contributed by atoms with E-state index >= 15 is 0 Å². The van der Waals surface area contributed by atoms with Crippen molar-refractivity contribution in [1.82, 2.24) is 0 Å². The van der Waals surface area contributed by atoms with Gasteiger partial charge in [-0.2, -0.15) is 0 Å². The Morgan fingerprint density at radius 1 is 0.268 bits per heavy atom. The van der Waals surface area contributed by atoms with E-state index < -0.39 is 5.41 Å². The maximum Gasteiger partial charge on any atom is 0.0726 e. The van der Waals surface area contributed by atoms with Gasteiger partial charge < -0.3 is 4.90 Å². The summed E-state index contributed by atoms with van der Waals surface area (Å²) < 4.78 is 0. The van der Waals surface area contributed by atoms with E-state index in [4.69, 9.17) is 0 Å². The molecule has 0 aromatic heterocycles. The third-order valence-electron chi connectivity index (χ3n) is 12.5. The van der Waals surface area contributed by atoms with Crippen LogP contribution in [0.15, 0.2) is 212 Å². The molecule has 56 heavy (non-hydrogen) atoms. The van der Waals surface area contributed by atoms with Gasteiger partial charge in [-0.1, -0.05) is 182 Å². The number of para-hydroxylation sites is 1. The highest BCUT2D eigenvalue weighted by Gasteiger charge is 2.51. The lowest BCUT2D eigenvalue weighted by Crippen LogP contribution is -2.26. The van der Waals surface area contributed by atoms with E-state index in [-0.39, 0.29) is 0 Å². The molecule has 1 heteroatoms. The summed E-state index contributed by atoms with van der Waals surface area (Å²) in [7, 11) is 0. The average molecular weight is 710 g/mol. The van der Waals surface area contributed by atoms with E-state index in [1.807, 2.05) is 0 Å². The molecule has 0 atom stereocenters. The van der Waals surface area contributed by atoms with Crippen LogP contribution < -0.4 is 4.90 Å². The minimum absolute atomic E-state index is 0.432. The summed E-state index contributed by atoms with van der Waals surface area (Å²) in [6.07, 6.45) is 0. The van der Waals surface area contributed by atoms with Crippen molar-refractivity contribution in [3.63, 3.8) is 0 Å². The Balaban J connectivity index is 1.17. The van der Waals surface area contributed by atoms with Gasteiger partial charge in [0.05, 0.1) is 11.1 Å². The minimum Gasteiger partial charge on any atom is -0.310 e. The standard InChI is InChI=1S/C55H35N/c1-2-16-36(17-3-1)39-18-11-15-29-54(39)56(37-30-32-44-42-21-5-4-19-40(42)41-20-6-7-22-43(41)49(44)34-37)38-31-33-48-47-25-10-14-28-52(47)55(53(48)35-38)50-26-12-8-23-45(50)46-24-9-13-27-51(46)55/h1-35H. The molecule has 10 aromatic carbocycles. The Morgan fingerprint density at radius 2 is 0.679 bits per heavy atom. The second-order valence-electron chi connectivity index (χ2n) is 15.2. The van der Waals surface area contributed by atoms with Crippen molar-refractivity contribution < 1.29 is 0 Å². The minimum atomic E-state index is -0.432. The van der Waals surface area contributed by atoms with Gasteiger partial charge in [0.25, 0.3) is 0 Å². The first-order valence-electron chi connectivity index (χ1n) is 19.5. The predicted molar refractivity (Wildman–Crippen MR) is 235 cm³/mol. The Hall–Kier alpha value is -7.22. The highest BCUT2D eigenvalue weighted by Crippen LogP contribution is 2.63. The van der Waals surface area contributed by atoms with E-state index in [9.17, 15) is 0 Å². The molecule has 2 aliphatic carbocycles. The average Bonchev–Trinajstić information content (AvgIpc) is 3.74. The van der Waals surface area contributed by atoms with Gasteiger partial charge in [0.2, 0.25) is 0 Å². The van der Waals surface area contributed by atoms with Crippen LogP contribution in [0.3, 0.4) is 0 Å². The summed E-state index contributed by atoms with van der Waals surface area (Å²) in [5.41, 5.74) is 15.9. The number of fused-ring (bicyclic) bond motifs is 16. The van der Waals surface area contributed by atoms with Gasteiger partial charge in [-0.25, -0.2) is 0 Å².